The highest BCUT2D eigenvalue weighted by atomic mass is 19.4. The van der Waals surface area contributed by atoms with Gasteiger partial charge in [-0.3, -0.25) is 29.1 Å². The fraction of sp³-hybridized carbons (Fsp3) is 0.455. The number of benzene rings is 2. The first-order valence-corrected chi connectivity index (χ1v) is 21.2. The fourth-order valence-electron chi connectivity index (χ4n) is 5.81. The third kappa shape index (κ3) is 24.6. The molecule has 0 radical (unpaired) electrons. The molecule has 0 unspecified atom stereocenters. The van der Waals surface area contributed by atoms with Crippen molar-refractivity contribution in [2.45, 2.75) is 89.4 Å². The van der Waals surface area contributed by atoms with E-state index in [1.807, 2.05) is 60.7 Å². The maximum Gasteiger partial charge on any atom is 0.490 e. The molecule has 22 heteroatoms. The number of carbonyl (C=O) groups excluding carboxylic acids is 4. The Morgan fingerprint density at radius 1 is 0.439 bits per heavy atom. The van der Waals surface area contributed by atoms with Crippen molar-refractivity contribution in [3.8, 4) is 0 Å². The Hall–Kier alpha value is -6.42. The monoisotopic (exact) mass is 938 g/mol. The van der Waals surface area contributed by atoms with E-state index in [2.05, 4.69) is 41.9 Å². The van der Waals surface area contributed by atoms with Crippen LogP contribution in [-0.2, 0) is 28.8 Å². The Kier molecular flexibility index (Phi) is 25.9. The smallest absolute Gasteiger partial charge is 0.475 e. The van der Waals surface area contributed by atoms with Gasteiger partial charge < -0.3 is 42.1 Å². The molecule has 0 fully saturated rings. The van der Waals surface area contributed by atoms with Crippen LogP contribution in [0.2, 0.25) is 0 Å². The number of nitrogens with one attached hydrogen (secondary N) is 6. The Morgan fingerprint density at radius 3 is 1.12 bits per heavy atom. The molecule has 2 aromatic carbocycles. The largest absolute Gasteiger partial charge is 0.490 e. The summed E-state index contributed by atoms with van der Waals surface area (Å²) in [7, 11) is 0. The number of alkyl halides is 6. The lowest BCUT2D eigenvalue weighted by atomic mass is 10.1. The van der Waals surface area contributed by atoms with E-state index in [1.54, 1.807) is 12.4 Å². The molecule has 362 valence electrons. The number of fused-ring (bicyclic) bond motifs is 2. The summed E-state index contributed by atoms with van der Waals surface area (Å²) in [5, 5.41) is 34.6. The van der Waals surface area contributed by atoms with Crippen LogP contribution in [0, 0.1) is 0 Å². The molecule has 0 atom stereocenters. The van der Waals surface area contributed by atoms with Crippen LogP contribution in [0.25, 0.3) is 21.8 Å². The Bertz CT molecular complexity index is 1980. The molecule has 2 aromatic heterocycles. The zero-order chi connectivity index (χ0) is 48.8. The van der Waals surface area contributed by atoms with Crippen molar-refractivity contribution >= 4 is 68.7 Å². The van der Waals surface area contributed by atoms with Gasteiger partial charge in [0, 0.05) is 61.9 Å². The Balaban J connectivity index is 0.000000923. The Labute approximate surface area is 377 Å². The normalized spacial score (nSPS) is 11.1. The highest BCUT2D eigenvalue weighted by Gasteiger charge is 2.39. The highest BCUT2D eigenvalue weighted by Crippen LogP contribution is 2.22. The number of nitrogens with zero attached hydrogens (tertiary/aromatic N) is 2. The van der Waals surface area contributed by atoms with Gasteiger partial charge in [0.2, 0.25) is 23.6 Å². The van der Waals surface area contributed by atoms with Crippen molar-refractivity contribution < 1.29 is 65.3 Å². The number of pyridine rings is 2. The van der Waals surface area contributed by atoms with Crippen LogP contribution in [0.1, 0.15) is 77.0 Å². The van der Waals surface area contributed by atoms with Crippen LogP contribution in [-0.4, -0.2) is 107 Å². The van der Waals surface area contributed by atoms with E-state index in [1.165, 1.54) is 25.7 Å². The number of para-hydroxylation sites is 2. The van der Waals surface area contributed by atoms with Crippen molar-refractivity contribution in [1.29, 1.82) is 0 Å². The Morgan fingerprint density at radius 2 is 0.758 bits per heavy atom. The molecule has 66 heavy (non-hydrogen) atoms. The lowest BCUT2D eigenvalue weighted by molar-refractivity contribution is -0.193. The fourth-order valence-corrected chi connectivity index (χ4v) is 5.81. The molecule has 0 aliphatic rings. The molecular weight excluding hydrogens is 883 g/mol. The van der Waals surface area contributed by atoms with Crippen LogP contribution < -0.4 is 31.9 Å². The van der Waals surface area contributed by atoms with Crippen molar-refractivity contribution in [2.24, 2.45) is 0 Å². The molecule has 2 heterocycles. The van der Waals surface area contributed by atoms with E-state index in [-0.39, 0.29) is 49.3 Å². The van der Waals surface area contributed by atoms with Gasteiger partial charge in [-0.15, -0.1) is 0 Å². The first kappa shape index (κ1) is 55.7. The number of carbonyl (C=O) groups is 6. The van der Waals surface area contributed by atoms with E-state index in [0.717, 1.165) is 73.7 Å². The van der Waals surface area contributed by atoms with E-state index >= 15 is 0 Å². The van der Waals surface area contributed by atoms with Gasteiger partial charge in [-0.25, -0.2) is 9.59 Å². The molecule has 4 rings (SSSR count). The maximum atomic E-state index is 12.3. The average molecular weight is 939 g/mol. The molecule has 4 aromatic rings. The van der Waals surface area contributed by atoms with Crippen molar-refractivity contribution in [1.82, 2.24) is 31.2 Å². The standard InChI is InChI=1S/C40H54N8O4.2C2HF3O2/c49-35(19-21-37(51)47-33-17-7-13-31-15-9-27-45-39(31)33)43-29-11-25-41-23-5-3-1-2-4-6-24-42-26-12-30-44-36(50)20-22-38(52)48-34-18-8-14-32-16-10-28-46-40(32)34;2*3-2(4,5)1(6)7/h7-10,13-18,27-28,41-42H,1-6,11-12,19-26,29-30H2,(H,43,49)(H,44,50)(H,47,51)(H,48,52);2*(H,6,7). The lowest BCUT2D eigenvalue weighted by Crippen LogP contribution is -2.28. The number of hydrogen-bond donors (Lipinski definition) is 8. The second-order valence-electron chi connectivity index (χ2n) is 14.5. The molecule has 4 amide bonds. The SMILES string of the molecule is O=C(CCC(=O)Nc1cccc2cccnc12)NCCCNCCCCCCCCNCCCNC(=O)CCC(=O)Nc1cccc2cccnc12.O=C(O)C(F)(F)F.O=C(O)C(F)(F)F. The van der Waals surface area contributed by atoms with E-state index < -0.39 is 24.3 Å². The van der Waals surface area contributed by atoms with Gasteiger partial charge in [0.15, 0.2) is 0 Å². The molecule has 0 aliphatic carbocycles. The minimum absolute atomic E-state index is 0.114. The van der Waals surface area contributed by atoms with Gasteiger partial charge in [-0.1, -0.05) is 62.1 Å². The summed E-state index contributed by atoms with van der Waals surface area (Å²) in [6, 6.07) is 18.9. The number of carboxylic acids is 2. The van der Waals surface area contributed by atoms with Crippen molar-refractivity contribution in [2.75, 3.05) is 49.9 Å². The first-order valence-electron chi connectivity index (χ1n) is 21.2. The second-order valence-corrected chi connectivity index (χ2v) is 14.5. The minimum Gasteiger partial charge on any atom is -0.475 e. The van der Waals surface area contributed by atoms with Gasteiger partial charge >= 0.3 is 24.3 Å². The van der Waals surface area contributed by atoms with Crippen molar-refractivity contribution in [3.63, 3.8) is 0 Å². The molecule has 0 aliphatic heterocycles. The quantitative estimate of drug-likeness (QED) is 0.0255. The van der Waals surface area contributed by atoms with E-state index in [0.29, 0.717) is 24.5 Å². The summed E-state index contributed by atoms with van der Waals surface area (Å²) >= 11 is 0. The zero-order valence-electron chi connectivity index (χ0n) is 36.2. The summed E-state index contributed by atoms with van der Waals surface area (Å²) in [4.78, 5) is 75.4. The van der Waals surface area contributed by atoms with Gasteiger partial charge in [0.25, 0.3) is 0 Å². The first-order chi connectivity index (χ1) is 31.4. The highest BCUT2D eigenvalue weighted by molar-refractivity contribution is 6.02. The molecular formula is C44H56F6N8O8. The zero-order valence-corrected chi connectivity index (χ0v) is 36.2. The molecule has 0 saturated carbocycles. The van der Waals surface area contributed by atoms with Crippen LogP contribution in [0.15, 0.2) is 73.1 Å². The van der Waals surface area contributed by atoms with Crippen LogP contribution in [0.3, 0.4) is 0 Å². The summed E-state index contributed by atoms with van der Waals surface area (Å²) in [6.07, 6.45) is 2.64. The predicted molar refractivity (Wildman–Crippen MR) is 235 cm³/mol. The topological polar surface area (TPSA) is 241 Å². The number of amides is 4. The number of halogens is 6. The number of anilines is 2. The number of rotatable bonds is 25. The molecule has 16 nitrogen and oxygen atoms in total. The van der Waals surface area contributed by atoms with Crippen LogP contribution in [0.4, 0.5) is 37.7 Å². The number of unbranched alkanes of at least 4 members (excludes halogenated alkanes) is 5. The van der Waals surface area contributed by atoms with Gasteiger partial charge in [-0.2, -0.15) is 26.3 Å². The van der Waals surface area contributed by atoms with Crippen LogP contribution in [0.5, 0.6) is 0 Å². The van der Waals surface area contributed by atoms with E-state index in [4.69, 9.17) is 19.8 Å². The molecule has 0 spiro atoms. The van der Waals surface area contributed by atoms with Gasteiger partial charge in [0.1, 0.15) is 0 Å². The number of aromatic nitrogens is 2. The minimum atomic E-state index is -5.08. The number of hydrogen-bond acceptors (Lipinski definition) is 10. The summed E-state index contributed by atoms with van der Waals surface area (Å²) in [5.74, 6) is -6.14. The number of aliphatic carboxylic acids is 2. The van der Waals surface area contributed by atoms with Crippen LogP contribution >= 0.6 is 0 Å². The number of carboxylic acid groups (broad SMARTS) is 2. The summed E-state index contributed by atoms with van der Waals surface area (Å²) < 4.78 is 63.5. The molecule has 0 saturated heterocycles. The predicted octanol–water partition coefficient (Wildman–Crippen LogP) is 6.72. The van der Waals surface area contributed by atoms with Gasteiger partial charge in [-0.05, 0) is 76.1 Å². The lowest BCUT2D eigenvalue weighted by Gasteiger charge is -2.09. The van der Waals surface area contributed by atoms with E-state index in [9.17, 15) is 45.5 Å². The maximum absolute atomic E-state index is 12.3. The second kappa shape index (κ2) is 30.7. The summed E-state index contributed by atoms with van der Waals surface area (Å²) in [6.45, 7) is 4.85. The average Bonchev–Trinajstić information content (AvgIpc) is 3.27. The molecule has 8 N–H and O–H groups in total. The van der Waals surface area contributed by atoms with Gasteiger partial charge in [0.05, 0.1) is 22.4 Å². The van der Waals surface area contributed by atoms with Crippen molar-refractivity contribution in [3.05, 3.63) is 73.1 Å². The molecule has 0 bridgehead atoms. The summed E-state index contributed by atoms with van der Waals surface area (Å²) in [5.41, 5.74) is 2.79. The third-order valence-corrected chi connectivity index (χ3v) is 9.12. The third-order valence-electron chi connectivity index (χ3n) is 9.12.